The Morgan fingerprint density at radius 2 is 1.81 bits per heavy atom. The molecule has 4 heteroatoms. The first kappa shape index (κ1) is 18.4. The summed E-state index contributed by atoms with van der Waals surface area (Å²) in [6, 6.07) is 10.3. The van der Waals surface area contributed by atoms with Gasteiger partial charge >= 0.3 is 7.60 Å². The van der Waals surface area contributed by atoms with E-state index >= 15 is 0 Å². The summed E-state index contributed by atoms with van der Waals surface area (Å²) in [5.74, 6) is 0.368. The van der Waals surface area contributed by atoms with Crippen molar-refractivity contribution in [3.05, 3.63) is 35.9 Å². The molecule has 0 saturated heterocycles. The second kappa shape index (κ2) is 10.2. The van der Waals surface area contributed by atoms with Crippen LogP contribution in [0.4, 0.5) is 0 Å². The molecule has 0 heterocycles. The molecule has 1 aromatic carbocycles. The molecule has 0 saturated carbocycles. The van der Waals surface area contributed by atoms with Crippen molar-refractivity contribution >= 4 is 7.60 Å². The SMILES string of the molecule is CCCCP(=O)(OCCCc1ccccc1)OCC(C)C. The molecule has 0 aliphatic rings. The lowest BCUT2D eigenvalue weighted by atomic mass is 10.1. The standard InChI is InChI=1S/C17H29O3P/c1-4-5-14-21(18,20-15-16(2)3)19-13-9-12-17-10-7-6-8-11-17/h6-8,10-11,16H,4-5,9,12-15H2,1-3H3. The first-order valence-corrected chi connectivity index (χ1v) is 9.70. The van der Waals surface area contributed by atoms with E-state index in [1.54, 1.807) is 0 Å². The third kappa shape index (κ3) is 8.40. The summed E-state index contributed by atoms with van der Waals surface area (Å²) in [5, 5.41) is 0. The topological polar surface area (TPSA) is 35.5 Å². The summed E-state index contributed by atoms with van der Waals surface area (Å²) in [4.78, 5) is 0. The van der Waals surface area contributed by atoms with Gasteiger partial charge in [-0.3, -0.25) is 4.57 Å². The molecular weight excluding hydrogens is 283 g/mol. The largest absolute Gasteiger partial charge is 0.330 e. The van der Waals surface area contributed by atoms with Crippen LogP contribution < -0.4 is 0 Å². The zero-order chi connectivity index (χ0) is 15.6. The van der Waals surface area contributed by atoms with E-state index in [1.165, 1.54) is 5.56 Å². The molecule has 0 amide bonds. The number of rotatable bonds is 11. The second-order valence-electron chi connectivity index (χ2n) is 5.80. The van der Waals surface area contributed by atoms with Gasteiger partial charge in [-0.2, -0.15) is 0 Å². The predicted molar refractivity (Wildman–Crippen MR) is 88.9 cm³/mol. The van der Waals surface area contributed by atoms with Crippen LogP contribution >= 0.6 is 7.60 Å². The van der Waals surface area contributed by atoms with Gasteiger partial charge in [-0.1, -0.05) is 57.5 Å². The maximum Gasteiger partial charge on any atom is 0.330 e. The van der Waals surface area contributed by atoms with Crippen molar-refractivity contribution in [3.63, 3.8) is 0 Å². The molecule has 1 atom stereocenters. The Hall–Kier alpha value is -0.630. The van der Waals surface area contributed by atoms with Crippen molar-refractivity contribution in [2.75, 3.05) is 19.4 Å². The fourth-order valence-corrected chi connectivity index (χ4v) is 3.87. The van der Waals surface area contributed by atoms with Crippen molar-refractivity contribution < 1.29 is 13.6 Å². The molecule has 1 unspecified atom stereocenters. The van der Waals surface area contributed by atoms with Crippen molar-refractivity contribution in [3.8, 4) is 0 Å². The van der Waals surface area contributed by atoms with Crippen molar-refractivity contribution in [1.29, 1.82) is 0 Å². The molecule has 3 nitrogen and oxygen atoms in total. The van der Waals surface area contributed by atoms with Crippen molar-refractivity contribution in [2.45, 2.75) is 46.5 Å². The molecule has 0 fully saturated rings. The van der Waals surface area contributed by atoms with Crippen LogP contribution in [-0.4, -0.2) is 19.4 Å². The van der Waals surface area contributed by atoms with Gasteiger partial charge < -0.3 is 9.05 Å². The lowest BCUT2D eigenvalue weighted by molar-refractivity contribution is 0.185. The Bertz CT molecular complexity index is 417. The molecule has 21 heavy (non-hydrogen) atoms. The minimum Gasteiger partial charge on any atom is -0.309 e. The van der Waals surface area contributed by atoms with Gasteiger partial charge in [0.1, 0.15) is 0 Å². The molecule has 0 N–H and O–H groups in total. The van der Waals surface area contributed by atoms with E-state index in [2.05, 4.69) is 32.9 Å². The number of benzene rings is 1. The van der Waals surface area contributed by atoms with Gasteiger partial charge in [0.05, 0.1) is 19.4 Å². The smallest absolute Gasteiger partial charge is 0.309 e. The Morgan fingerprint density at radius 3 is 2.43 bits per heavy atom. The number of unbranched alkanes of at least 4 members (excludes halogenated alkanes) is 1. The van der Waals surface area contributed by atoms with Gasteiger partial charge in [0.25, 0.3) is 0 Å². The summed E-state index contributed by atoms with van der Waals surface area (Å²) < 4.78 is 23.9. The highest BCUT2D eigenvalue weighted by Crippen LogP contribution is 2.49. The quantitative estimate of drug-likeness (QED) is 0.411. The summed E-state index contributed by atoms with van der Waals surface area (Å²) in [5.41, 5.74) is 1.28. The van der Waals surface area contributed by atoms with Crippen LogP contribution in [-0.2, 0) is 20.0 Å². The Labute approximate surface area is 129 Å². The highest BCUT2D eigenvalue weighted by atomic mass is 31.2. The molecule has 1 aromatic rings. The van der Waals surface area contributed by atoms with Crippen LogP contribution in [0, 0.1) is 5.92 Å². The zero-order valence-corrected chi connectivity index (χ0v) is 14.5. The molecule has 1 rings (SSSR count). The van der Waals surface area contributed by atoms with Gasteiger partial charge in [-0.05, 0) is 30.7 Å². The third-order valence-corrected chi connectivity index (χ3v) is 5.11. The monoisotopic (exact) mass is 312 g/mol. The zero-order valence-electron chi connectivity index (χ0n) is 13.6. The van der Waals surface area contributed by atoms with Gasteiger partial charge in [-0.15, -0.1) is 0 Å². The highest BCUT2D eigenvalue weighted by molar-refractivity contribution is 7.53. The Kier molecular flexibility index (Phi) is 8.91. The van der Waals surface area contributed by atoms with Gasteiger partial charge in [0, 0.05) is 0 Å². The summed E-state index contributed by atoms with van der Waals surface area (Å²) in [6.07, 6.45) is 4.22. The first-order chi connectivity index (χ1) is 10.1. The first-order valence-electron chi connectivity index (χ1n) is 7.98. The molecule has 0 radical (unpaired) electrons. The van der Waals surface area contributed by atoms with Crippen LogP contribution in [0.25, 0.3) is 0 Å². The number of hydrogen-bond acceptors (Lipinski definition) is 3. The molecule has 0 aliphatic heterocycles. The summed E-state index contributed by atoms with van der Waals surface area (Å²) in [7, 11) is -2.91. The Morgan fingerprint density at radius 1 is 1.10 bits per heavy atom. The lowest BCUT2D eigenvalue weighted by Gasteiger charge is -2.19. The third-order valence-electron chi connectivity index (χ3n) is 3.13. The summed E-state index contributed by atoms with van der Waals surface area (Å²) >= 11 is 0. The highest BCUT2D eigenvalue weighted by Gasteiger charge is 2.24. The normalized spacial score (nSPS) is 14.3. The van der Waals surface area contributed by atoms with Crippen molar-refractivity contribution in [2.24, 2.45) is 5.92 Å². The average Bonchev–Trinajstić information content (AvgIpc) is 2.49. The van der Waals surface area contributed by atoms with Gasteiger partial charge in [0.2, 0.25) is 0 Å². The van der Waals surface area contributed by atoms with E-state index in [9.17, 15) is 4.57 Å². The van der Waals surface area contributed by atoms with E-state index < -0.39 is 7.60 Å². The number of hydrogen-bond donors (Lipinski definition) is 0. The molecule has 0 spiro atoms. The average molecular weight is 312 g/mol. The maximum absolute atomic E-state index is 12.6. The fourth-order valence-electron chi connectivity index (χ4n) is 1.91. The molecule has 0 aliphatic carbocycles. The van der Waals surface area contributed by atoms with Crippen molar-refractivity contribution in [1.82, 2.24) is 0 Å². The fraction of sp³-hybridized carbons (Fsp3) is 0.647. The van der Waals surface area contributed by atoms with E-state index in [0.29, 0.717) is 25.3 Å². The maximum atomic E-state index is 12.6. The van der Waals surface area contributed by atoms with Crippen LogP contribution in [0.3, 0.4) is 0 Å². The van der Waals surface area contributed by atoms with Gasteiger partial charge in [-0.25, -0.2) is 0 Å². The van der Waals surface area contributed by atoms with Crippen LogP contribution in [0.15, 0.2) is 30.3 Å². The molecular formula is C17H29O3P. The molecule has 120 valence electrons. The minimum absolute atomic E-state index is 0.368. The number of aryl methyl sites for hydroxylation is 1. The molecule has 0 bridgehead atoms. The van der Waals surface area contributed by atoms with E-state index in [-0.39, 0.29) is 0 Å². The summed E-state index contributed by atoms with van der Waals surface area (Å²) in [6.45, 7) is 7.19. The van der Waals surface area contributed by atoms with Crippen LogP contribution in [0.5, 0.6) is 0 Å². The van der Waals surface area contributed by atoms with E-state index in [4.69, 9.17) is 9.05 Å². The Balaban J connectivity index is 2.36. The molecule has 0 aromatic heterocycles. The van der Waals surface area contributed by atoms with E-state index in [0.717, 1.165) is 25.7 Å². The van der Waals surface area contributed by atoms with Gasteiger partial charge in [0.15, 0.2) is 0 Å². The van der Waals surface area contributed by atoms with Crippen LogP contribution in [0.1, 0.15) is 45.6 Å². The minimum atomic E-state index is -2.91. The second-order valence-corrected chi connectivity index (χ2v) is 7.99. The van der Waals surface area contributed by atoms with Crippen LogP contribution in [0.2, 0.25) is 0 Å². The lowest BCUT2D eigenvalue weighted by Crippen LogP contribution is -2.06. The van der Waals surface area contributed by atoms with E-state index in [1.807, 2.05) is 18.2 Å². The predicted octanol–water partition coefficient (Wildman–Crippen LogP) is 5.30.